The third-order valence-corrected chi connectivity index (χ3v) is 3.33. The Morgan fingerprint density at radius 3 is 2.29 bits per heavy atom. The van der Waals surface area contributed by atoms with Crippen molar-refractivity contribution in [1.82, 2.24) is 0 Å². The van der Waals surface area contributed by atoms with Gasteiger partial charge in [0.15, 0.2) is 0 Å². The molecular weight excluding hydrogens is 262 g/mol. The molecular formula is C18H23NO2. The van der Waals surface area contributed by atoms with Crippen molar-refractivity contribution in [3.63, 3.8) is 0 Å². The van der Waals surface area contributed by atoms with Gasteiger partial charge in [0, 0.05) is 0 Å². The average molecular weight is 285 g/mol. The minimum absolute atomic E-state index is 0.472. The van der Waals surface area contributed by atoms with Gasteiger partial charge in [-0.15, -0.1) is 0 Å². The normalized spacial score (nSPS) is 10.7. The zero-order valence-corrected chi connectivity index (χ0v) is 12.9. The number of aryl methyl sites for hydroxylation is 1. The molecule has 0 atom stereocenters. The molecule has 0 unspecified atom stereocenters. The Morgan fingerprint density at radius 1 is 0.952 bits per heavy atom. The fourth-order valence-corrected chi connectivity index (χ4v) is 2.03. The minimum atomic E-state index is 0.472. The Labute approximate surface area is 126 Å². The van der Waals surface area contributed by atoms with Gasteiger partial charge in [0.2, 0.25) is 0 Å². The van der Waals surface area contributed by atoms with E-state index in [-0.39, 0.29) is 0 Å². The van der Waals surface area contributed by atoms with Gasteiger partial charge in [0.05, 0.1) is 5.69 Å². The molecule has 0 aromatic heterocycles. The fourth-order valence-electron chi connectivity index (χ4n) is 2.03. The van der Waals surface area contributed by atoms with Crippen molar-refractivity contribution in [3.05, 3.63) is 53.6 Å². The van der Waals surface area contributed by atoms with Crippen LogP contribution < -0.4 is 15.2 Å². The van der Waals surface area contributed by atoms with Crippen molar-refractivity contribution >= 4 is 5.69 Å². The van der Waals surface area contributed by atoms with Crippen molar-refractivity contribution in [2.24, 2.45) is 0 Å². The Morgan fingerprint density at radius 2 is 1.62 bits per heavy atom. The van der Waals surface area contributed by atoms with Crippen LogP contribution in [0.1, 0.15) is 30.9 Å². The Balaban J connectivity index is 1.80. The highest BCUT2D eigenvalue weighted by Gasteiger charge is 2.02. The lowest BCUT2D eigenvalue weighted by Gasteiger charge is -2.11. The van der Waals surface area contributed by atoms with Gasteiger partial charge >= 0.3 is 0 Å². The molecule has 0 aliphatic carbocycles. The zero-order valence-electron chi connectivity index (χ0n) is 12.9. The van der Waals surface area contributed by atoms with Crippen LogP contribution >= 0.6 is 0 Å². The van der Waals surface area contributed by atoms with Gasteiger partial charge in [0.25, 0.3) is 0 Å². The molecule has 0 fully saturated rings. The highest BCUT2D eigenvalue weighted by atomic mass is 16.5. The zero-order chi connectivity index (χ0) is 15.2. The maximum atomic E-state index is 5.86. The van der Waals surface area contributed by atoms with Crippen LogP contribution in [-0.4, -0.2) is 13.2 Å². The molecule has 21 heavy (non-hydrogen) atoms. The van der Waals surface area contributed by atoms with Crippen molar-refractivity contribution in [1.29, 1.82) is 0 Å². The summed E-state index contributed by atoms with van der Waals surface area (Å²) in [7, 11) is 0. The summed E-state index contributed by atoms with van der Waals surface area (Å²) in [5.41, 5.74) is 8.96. The van der Waals surface area contributed by atoms with Crippen molar-refractivity contribution < 1.29 is 9.47 Å². The van der Waals surface area contributed by atoms with Crippen LogP contribution in [0.4, 0.5) is 5.69 Å². The lowest BCUT2D eigenvalue weighted by atomic mass is 10.0. The summed E-state index contributed by atoms with van der Waals surface area (Å²) in [6, 6.07) is 13.9. The minimum Gasteiger partial charge on any atom is -0.490 e. The standard InChI is InChI=1S/C18H23NO2/c1-13(2)15-5-7-16(8-6-15)20-10-11-21-18-12-14(3)4-9-17(18)19/h4-9,12-13H,10-11,19H2,1-3H3. The molecule has 112 valence electrons. The van der Waals surface area contributed by atoms with E-state index in [1.807, 2.05) is 37.3 Å². The first-order chi connectivity index (χ1) is 10.1. The van der Waals surface area contributed by atoms with Crippen LogP contribution in [0.25, 0.3) is 0 Å². The number of rotatable bonds is 6. The van der Waals surface area contributed by atoms with Crippen molar-refractivity contribution in [2.75, 3.05) is 18.9 Å². The van der Waals surface area contributed by atoms with E-state index < -0.39 is 0 Å². The Kier molecular flexibility index (Phi) is 5.09. The summed E-state index contributed by atoms with van der Waals surface area (Å²) in [5.74, 6) is 2.11. The van der Waals surface area contributed by atoms with Gasteiger partial charge in [-0.25, -0.2) is 0 Å². The van der Waals surface area contributed by atoms with Crippen LogP contribution in [0.2, 0.25) is 0 Å². The SMILES string of the molecule is Cc1ccc(N)c(OCCOc2ccc(C(C)C)cc2)c1. The molecule has 3 nitrogen and oxygen atoms in total. The number of anilines is 1. The summed E-state index contributed by atoms with van der Waals surface area (Å²) in [6.45, 7) is 7.33. The molecule has 0 heterocycles. The van der Waals surface area contributed by atoms with Crippen molar-refractivity contribution in [3.8, 4) is 11.5 Å². The van der Waals surface area contributed by atoms with E-state index in [0.29, 0.717) is 30.6 Å². The van der Waals surface area contributed by atoms with E-state index in [2.05, 4.69) is 26.0 Å². The van der Waals surface area contributed by atoms with Crippen LogP contribution in [0.5, 0.6) is 11.5 Å². The first kappa shape index (κ1) is 15.2. The third kappa shape index (κ3) is 4.42. The highest BCUT2D eigenvalue weighted by Crippen LogP contribution is 2.22. The molecule has 0 saturated heterocycles. The number of hydrogen-bond acceptors (Lipinski definition) is 3. The van der Waals surface area contributed by atoms with E-state index in [4.69, 9.17) is 15.2 Å². The van der Waals surface area contributed by atoms with Crippen LogP contribution in [0.15, 0.2) is 42.5 Å². The van der Waals surface area contributed by atoms with Crippen LogP contribution in [-0.2, 0) is 0 Å². The lowest BCUT2D eigenvalue weighted by Crippen LogP contribution is -2.10. The van der Waals surface area contributed by atoms with Gasteiger partial charge in [-0.1, -0.05) is 32.0 Å². The molecule has 2 aromatic rings. The molecule has 0 radical (unpaired) electrons. The number of hydrogen-bond donors (Lipinski definition) is 1. The Hall–Kier alpha value is -2.16. The van der Waals surface area contributed by atoms with Gasteiger partial charge in [0.1, 0.15) is 24.7 Å². The average Bonchev–Trinajstić information content (AvgIpc) is 2.47. The number of nitrogens with two attached hydrogens (primary N) is 1. The maximum Gasteiger partial charge on any atom is 0.142 e. The summed E-state index contributed by atoms with van der Waals surface area (Å²) >= 11 is 0. The topological polar surface area (TPSA) is 44.5 Å². The summed E-state index contributed by atoms with van der Waals surface area (Å²) in [6.07, 6.45) is 0. The van der Waals surface area contributed by atoms with Crippen molar-refractivity contribution in [2.45, 2.75) is 26.7 Å². The molecule has 2 N–H and O–H groups in total. The van der Waals surface area contributed by atoms with Gasteiger partial charge in [-0.05, 0) is 48.2 Å². The molecule has 0 spiro atoms. The molecule has 0 bridgehead atoms. The number of nitrogen functional groups attached to an aromatic ring is 1. The Bertz CT molecular complexity index is 576. The number of benzene rings is 2. The predicted octanol–water partition coefficient (Wildman–Crippen LogP) is 4.16. The largest absolute Gasteiger partial charge is 0.490 e. The van der Waals surface area contributed by atoms with Crippen LogP contribution in [0.3, 0.4) is 0 Å². The second-order valence-corrected chi connectivity index (χ2v) is 5.46. The summed E-state index contributed by atoms with van der Waals surface area (Å²) < 4.78 is 11.3. The first-order valence-electron chi connectivity index (χ1n) is 7.28. The summed E-state index contributed by atoms with van der Waals surface area (Å²) in [4.78, 5) is 0. The first-order valence-corrected chi connectivity index (χ1v) is 7.28. The molecule has 2 aromatic carbocycles. The molecule has 0 saturated carbocycles. The number of ether oxygens (including phenoxy) is 2. The van der Waals surface area contributed by atoms with Crippen LogP contribution in [0, 0.1) is 6.92 Å². The fraction of sp³-hybridized carbons (Fsp3) is 0.333. The van der Waals surface area contributed by atoms with E-state index >= 15 is 0 Å². The van der Waals surface area contributed by atoms with Gasteiger partial charge in [-0.2, -0.15) is 0 Å². The van der Waals surface area contributed by atoms with E-state index in [0.717, 1.165) is 11.3 Å². The molecule has 2 rings (SSSR count). The van der Waals surface area contributed by atoms with Gasteiger partial charge in [-0.3, -0.25) is 0 Å². The maximum absolute atomic E-state index is 5.86. The third-order valence-electron chi connectivity index (χ3n) is 3.33. The predicted molar refractivity (Wildman–Crippen MR) is 87.1 cm³/mol. The smallest absolute Gasteiger partial charge is 0.142 e. The monoisotopic (exact) mass is 285 g/mol. The quantitative estimate of drug-likeness (QED) is 0.640. The van der Waals surface area contributed by atoms with Gasteiger partial charge < -0.3 is 15.2 Å². The van der Waals surface area contributed by atoms with E-state index in [1.165, 1.54) is 5.56 Å². The highest BCUT2D eigenvalue weighted by molar-refractivity contribution is 5.53. The second-order valence-electron chi connectivity index (χ2n) is 5.46. The molecule has 3 heteroatoms. The second kappa shape index (κ2) is 7.02. The summed E-state index contributed by atoms with van der Waals surface area (Å²) in [5, 5.41) is 0. The molecule has 0 aliphatic heterocycles. The lowest BCUT2D eigenvalue weighted by molar-refractivity contribution is 0.218. The molecule has 0 amide bonds. The molecule has 0 aliphatic rings. The van der Waals surface area contributed by atoms with E-state index in [1.54, 1.807) is 0 Å². The van der Waals surface area contributed by atoms with E-state index in [9.17, 15) is 0 Å².